The molecule has 0 saturated carbocycles. The van der Waals surface area contributed by atoms with Crippen molar-refractivity contribution in [1.29, 1.82) is 0 Å². The molecule has 0 saturated heterocycles. The Labute approximate surface area is 113 Å². The van der Waals surface area contributed by atoms with Crippen molar-refractivity contribution >= 4 is 15.8 Å². The largest absolute Gasteiger partial charge is 0.396 e. The quantitative estimate of drug-likeness (QED) is 0.740. The average Bonchev–Trinajstić information content (AvgIpc) is 2.36. The van der Waals surface area contributed by atoms with Crippen LogP contribution in [0.25, 0.3) is 0 Å². The van der Waals surface area contributed by atoms with Crippen LogP contribution >= 0.6 is 0 Å². The second-order valence-electron chi connectivity index (χ2n) is 4.47. The van der Waals surface area contributed by atoms with Crippen molar-refractivity contribution in [3.05, 3.63) is 29.8 Å². The van der Waals surface area contributed by atoms with Crippen molar-refractivity contribution in [3.8, 4) is 0 Å². The molecule has 1 aromatic rings. The van der Waals surface area contributed by atoms with E-state index in [2.05, 4.69) is 4.72 Å². The van der Waals surface area contributed by atoms with E-state index in [0.717, 1.165) is 0 Å². The Hall–Kier alpha value is -1.24. The molecule has 0 aliphatic rings. The van der Waals surface area contributed by atoms with E-state index >= 15 is 0 Å². The van der Waals surface area contributed by atoms with Gasteiger partial charge < -0.3 is 5.11 Å². The third kappa shape index (κ3) is 4.74. The fourth-order valence-corrected chi connectivity index (χ4v) is 2.94. The van der Waals surface area contributed by atoms with Gasteiger partial charge in [0.2, 0.25) is 10.0 Å². The van der Waals surface area contributed by atoms with Crippen LogP contribution in [0.1, 0.15) is 37.0 Å². The molecule has 1 unspecified atom stereocenters. The Balaban J connectivity index is 2.79. The number of rotatable bonds is 7. The summed E-state index contributed by atoms with van der Waals surface area (Å²) in [6, 6.07) is 5.57. The van der Waals surface area contributed by atoms with E-state index < -0.39 is 10.0 Å². The van der Waals surface area contributed by atoms with E-state index in [-0.39, 0.29) is 23.3 Å². The minimum Gasteiger partial charge on any atom is -0.396 e. The number of Topliss-reactive ketones (excluding diaryl/α,β-unsaturated/α-hetero) is 1. The van der Waals surface area contributed by atoms with Gasteiger partial charge in [0, 0.05) is 18.2 Å². The molecule has 0 radical (unpaired) electrons. The highest BCUT2D eigenvalue weighted by Crippen LogP contribution is 2.12. The summed E-state index contributed by atoms with van der Waals surface area (Å²) in [5.41, 5.74) is 0.479. The van der Waals surface area contributed by atoms with E-state index in [1.54, 1.807) is 6.92 Å². The first-order chi connectivity index (χ1) is 8.86. The van der Waals surface area contributed by atoms with Crippen LogP contribution in [0, 0.1) is 0 Å². The molecule has 106 valence electrons. The second kappa shape index (κ2) is 6.79. The van der Waals surface area contributed by atoms with Gasteiger partial charge in [0.05, 0.1) is 4.90 Å². The maximum absolute atomic E-state index is 12.0. The topological polar surface area (TPSA) is 83.5 Å². The predicted octanol–water partition coefficient (Wildman–Crippen LogP) is 1.33. The molecule has 6 heteroatoms. The number of nitrogens with one attached hydrogen (secondary N) is 1. The van der Waals surface area contributed by atoms with Crippen molar-refractivity contribution in [2.45, 2.75) is 37.6 Å². The van der Waals surface area contributed by atoms with Gasteiger partial charge in [-0.1, -0.05) is 12.1 Å². The van der Waals surface area contributed by atoms with Crippen LogP contribution < -0.4 is 4.72 Å². The van der Waals surface area contributed by atoms with Crippen LogP contribution in [0.3, 0.4) is 0 Å². The van der Waals surface area contributed by atoms with Gasteiger partial charge in [-0.2, -0.15) is 0 Å². The zero-order chi connectivity index (χ0) is 14.5. The smallest absolute Gasteiger partial charge is 0.240 e. The number of aliphatic hydroxyl groups is 1. The maximum Gasteiger partial charge on any atom is 0.240 e. The molecule has 0 aromatic heterocycles. The molecule has 2 N–H and O–H groups in total. The molecule has 0 amide bonds. The summed E-state index contributed by atoms with van der Waals surface area (Å²) in [5.74, 6) is -0.103. The summed E-state index contributed by atoms with van der Waals surface area (Å²) in [4.78, 5) is 11.2. The minimum atomic E-state index is -3.58. The number of hydrogen-bond donors (Lipinski definition) is 2. The lowest BCUT2D eigenvalue weighted by Gasteiger charge is -2.13. The van der Waals surface area contributed by atoms with Gasteiger partial charge in [0.15, 0.2) is 5.78 Å². The summed E-state index contributed by atoms with van der Waals surface area (Å²) < 4.78 is 26.6. The Bertz CT molecular complexity index is 522. The van der Waals surface area contributed by atoms with Gasteiger partial charge in [-0.15, -0.1) is 0 Å². The molecule has 0 bridgehead atoms. The predicted molar refractivity (Wildman–Crippen MR) is 72.5 cm³/mol. The summed E-state index contributed by atoms with van der Waals surface area (Å²) in [5, 5.41) is 8.70. The van der Waals surface area contributed by atoms with Gasteiger partial charge in [0.25, 0.3) is 0 Å². The van der Waals surface area contributed by atoms with Crippen LogP contribution in [0.4, 0.5) is 0 Å². The second-order valence-corrected chi connectivity index (χ2v) is 6.18. The van der Waals surface area contributed by atoms with Crippen molar-refractivity contribution in [1.82, 2.24) is 4.72 Å². The molecule has 1 rings (SSSR count). The molecule has 0 spiro atoms. The Morgan fingerprint density at radius 2 is 1.89 bits per heavy atom. The average molecular weight is 285 g/mol. The van der Waals surface area contributed by atoms with E-state index in [0.29, 0.717) is 18.4 Å². The van der Waals surface area contributed by atoms with Crippen molar-refractivity contribution in [3.63, 3.8) is 0 Å². The van der Waals surface area contributed by atoms with Crippen molar-refractivity contribution in [2.75, 3.05) is 6.61 Å². The number of hydrogen-bond acceptors (Lipinski definition) is 4. The van der Waals surface area contributed by atoms with E-state index in [1.165, 1.54) is 31.2 Å². The first-order valence-corrected chi connectivity index (χ1v) is 7.59. The number of ketones is 1. The standard InChI is InChI=1S/C13H19NO4S/c1-10(4-3-9-15)14-19(17,18)13-7-5-12(6-8-13)11(2)16/h5-8,10,14-15H,3-4,9H2,1-2H3. The molecular weight excluding hydrogens is 266 g/mol. The number of aliphatic hydroxyl groups excluding tert-OH is 1. The first kappa shape index (κ1) is 15.8. The minimum absolute atomic E-state index is 0.0410. The molecule has 0 aliphatic heterocycles. The highest BCUT2D eigenvalue weighted by molar-refractivity contribution is 7.89. The van der Waals surface area contributed by atoms with Crippen LogP contribution in [-0.4, -0.2) is 32.0 Å². The lowest BCUT2D eigenvalue weighted by atomic mass is 10.2. The molecule has 1 aromatic carbocycles. The molecule has 1 atom stereocenters. The zero-order valence-electron chi connectivity index (χ0n) is 11.1. The highest BCUT2D eigenvalue weighted by atomic mass is 32.2. The zero-order valence-corrected chi connectivity index (χ0v) is 11.9. The molecule has 19 heavy (non-hydrogen) atoms. The third-order valence-electron chi connectivity index (χ3n) is 2.72. The fraction of sp³-hybridized carbons (Fsp3) is 0.462. The van der Waals surface area contributed by atoms with E-state index in [9.17, 15) is 13.2 Å². The fourth-order valence-electron chi connectivity index (χ4n) is 1.66. The number of carbonyl (C=O) groups excluding carboxylic acids is 1. The Morgan fingerprint density at radius 1 is 1.32 bits per heavy atom. The first-order valence-electron chi connectivity index (χ1n) is 6.11. The molecule has 0 fully saturated rings. The molecule has 5 nitrogen and oxygen atoms in total. The monoisotopic (exact) mass is 285 g/mol. The summed E-state index contributed by atoms with van der Waals surface area (Å²) in [6.07, 6.45) is 1.12. The summed E-state index contributed by atoms with van der Waals surface area (Å²) >= 11 is 0. The normalized spacial score (nSPS) is 13.2. The van der Waals surface area contributed by atoms with Crippen LogP contribution in [0.5, 0.6) is 0 Å². The maximum atomic E-state index is 12.0. The van der Waals surface area contributed by atoms with Crippen LogP contribution in [0.2, 0.25) is 0 Å². The van der Waals surface area contributed by atoms with Gasteiger partial charge in [-0.25, -0.2) is 13.1 Å². The van der Waals surface area contributed by atoms with E-state index in [4.69, 9.17) is 5.11 Å². The molecule has 0 heterocycles. The summed E-state index contributed by atoms with van der Waals surface area (Å²) in [7, 11) is -3.58. The van der Waals surface area contributed by atoms with Crippen LogP contribution in [-0.2, 0) is 10.0 Å². The van der Waals surface area contributed by atoms with Gasteiger partial charge >= 0.3 is 0 Å². The molecular formula is C13H19NO4S. The Morgan fingerprint density at radius 3 is 2.37 bits per heavy atom. The lowest BCUT2D eigenvalue weighted by Crippen LogP contribution is -2.32. The third-order valence-corrected chi connectivity index (χ3v) is 4.33. The van der Waals surface area contributed by atoms with Crippen molar-refractivity contribution in [2.24, 2.45) is 0 Å². The Kier molecular flexibility index (Phi) is 5.65. The summed E-state index contributed by atoms with van der Waals surface area (Å²) in [6.45, 7) is 3.22. The van der Waals surface area contributed by atoms with Gasteiger partial charge in [0.1, 0.15) is 0 Å². The van der Waals surface area contributed by atoms with Gasteiger partial charge in [-0.05, 0) is 38.8 Å². The van der Waals surface area contributed by atoms with Gasteiger partial charge in [-0.3, -0.25) is 4.79 Å². The van der Waals surface area contributed by atoms with Crippen molar-refractivity contribution < 1.29 is 18.3 Å². The SMILES string of the molecule is CC(=O)c1ccc(S(=O)(=O)NC(C)CCCO)cc1. The lowest BCUT2D eigenvalue weighted by molar-refractivity contribution is 0.101. The highest BCUT2D eigenvalue weighted by Gasteiger charge is 2.17. The number of carbonyl (C=O) groups is 1. The van der Waals surface area contributed by atoms with Crippen LogP contribution in [0.15, 0.2) is 29.2 Å². The molecule has 0 aliphatic carbocycles. The van der Waals surface area contributed by atoms with E-state index in [1.807, 2.05) is 0 Å². The number of sulfonamides is 1. The number of benzene rings is 1.